The van der Waals surface area contributed by atoms with Crippen molar-refractivity contribution in [2.45, 2.75) is 0 Å². The lowest BCUT2D eigenvalue weighted by molar-refractivity contribution is 1.18. The van der Waals surface area contributed by atoms with E-state index in [9.17, 15) is 0 Å². The largest absolute Gasteiger partial charge is 0.309 e. The fourth-order valence-corrected chi connectivity index (χ4v) is 5.75. The second-order valence-electron chi connectivity index (χ2n) is 7.78. The lowest BCUT2D eigenvalue weighted by Crippen LogP contribution is -1.93. The summed E-state index contributed by atoms with van der Waals surface area (Å²) in [6.07, 6.45) is 0. The number of para-hydroxylation sites is 1. The maximum Gasteiger partial charge on any atom is 0.0547 e. The Morgan fingerprint density at radius 1 is 0.484 bits per heavy atom. The minimum absolute atomic E-state index is 1.06. The minimum atomic E-state index is 1.06. The van der Waals surface area contributed by atoms with E-state index < -0.39 is 0 Å². The average molecular weight is 527 g/mol. The van der Waals surface area contributed by atoms with Crippen LogP contribution in [0.2, 0.25) is 0 Å². The zero-order valence-electron chi connectivity index (χ0n) is 16.5. The van der Waals surface area contributed by atoms with Crippen molar-refractivity contribution in [3.63, 3.8) is 0 Å². The Kier molecular flexibility index (Phi) is 4.48. The van der Waals surface area contributed by atoms with Gasteiger partial charge in [0.2, 0.25) is 0 Å². The van der Waals surface area contributed by atoms with Crippen molar-refractivity contribution in [2.24, 2.45) is 0 Å². The predicted molar refractivity (Wildman–Crippen MR) is 139 cm³/mol. The first-order valence-electron chi connectivity index (χ1n) is 10.2. The number of hydrogen-bond donors (Lipinski definition) is 0. The summed E-state index contributed by atoms with van der Waals surface area (Å²) in [6, 6.07) is 37.0. The Morgan fingerprint density at radius 2 is 1.13 bits per heavy atom. The summed E-state index contributed by atoms with van der Waals surface area (Å²) >= 11 is 7.26. The molecule has 0 bridgehead atoms. The highest BCUT2D eigenvalue weighted by atomic mass is 79.9. The molecule has 0 unspecified atom stereocenters. The van der Waals surface area contributed by atoms with Crippen LogP contribution in [0.25, 0.3) is 49.4 Å². The van der Waals surface area contributed by atoms with Crippen molar-refractivity contribution in [2.75, 3.05) is 0 Å². The summed E-state index contributed by atoms with van der Waals surface area (Å²) in [4.78, 5) is 0. The van der Waals surface area contributed by atoms with Crippen molar-refractivity contribution in [1.82, 2.24) is 4.57 Å². The SMILES string of the molecule is Brc1cc(Br)cc(-c2ccc3c(c2)c2cc4ccccc4cc2n3-c2ccccc2)c1. The molecule has 0 amide bonds. The van der Waals surface area contributed by atoms with Gasteiger partial charge >= 0.3 is 0 Å². The summed E-state index contributed by atoms with van der Waals surface area (Å²) in [5, 5.41) is 5.05. The van der Waals surface area contributed by atoms with E-state index in [2.05, 4.69) is 140 Å². The molecule has 0 aliphatic rings. The Labute approximate surface area is 197 Å². The number of hydrogen-bond acceptors (Lipinski definition) is 0. The number of rotatable bonds is 2. The van der Waals surface area contributed by atoms with Gasteiger partial charge in [-0.05, 0) is 76.5 Å². The summed E-state index contributed by atoms with van der Waals surface area (Å²) < 4.78 is 4.50. The number of aromatic nitrogens is 1. The molecule has 1 heterocycles. The highest BCUT2D eigenvalue weighted by molar-refractivity contribution is 9.11. The Bertz CT molecular complexity index is 1580. The molecule has 0 atom stereocenters. The van der Waals surface area contributed by atoms with E-state index in [4.69, 9.17) is 0 Å². The lowest BCUT2D eigenvalue weighted by atomic mass is 10.0. The molecule has 0 radical (unpaired) electrons. The molecule has 1 nitrogen and oxygen atoms in total. The van der Waals surface area contributed by atoms with Gasteiger partial charge < -0.3 is 4.57 Å². The molecule has 0 aliphatic carbocycles. The standard InChI is InChI=1S/C28H17Br2N/c29-22-12-21(13-23(30)17-22)20-10-11-27-25(15-20)26-14-18-6-4-5-7-19(18)16-28(26)31(27)24-8-2-1-3-9-24/h1-17H. The molecule has 0 saturated heterocycles. The zero-order valence-corrected chi connectivity index (χ0v) is 19.7. The van der Waals surface area contributed by atoms with E-state index in [1.54, 1.807) is 0 Å². The van der Waals surface area contributed by atoms with Crippen LogP contribution in [0, 0.1) is 0 Å². The van der Waals surface area contributed by atoms with Gasteiger partial charge in [-0.1, -0.05) is 80.4 Å². The molecule has 0 spiro atoms. The second kappa shape index (κ2) is 7.37. The van der Waals surface area contributed by atoms with E-state index in [-0.39, 0.29) is 0 Å². The van der Waals surface area contributed by atoms with Gasteiger partial charge in [-0.2, -0.15) is 0 Å². The molecule has 148 valence electrons. The van der Waals surface area contributed by atoms with E-state index in [1.807, 2.05) is 0 Å². The molecule has 31 heavy (non-hydrogen) atoms. The van der Waals surface area contributed by atoms with E-state index in [1.165, 1.54) is 49.4 Å². The van der Waals surface area contributed by atoms with Gasteiger partial charge in [0, 0.05) is 25.4 Å². The van der Waals surface area contributed by atoms with Gasteiger partial charge in [-0.15, -0.1) is 0 Å². The minimum Gasteiger partial charge on any atom is -0.309 e. The average Bonchev–Trinajstić information content (AvgIpc) is 3.10. The van der Waals surface area contributed by atoms with Crippen molar-refractivity contribution in [3.05, 3.63) is 112 Å². The third-order valence-electron chi connectivity index (χ3n) is 5.84. The van der Waals surface area contributed by atoms with Gasteiger partial charge in [0.1, 0.15) is 0 Å². The number of fused-ring (bicyclic) bond motifs is 4. The topological polar surface area (TPSA) is 4.93 Å². The van der Waals surface area contributed by atoms with Crippen LogP contribution in [-0.4, -0.2) is 4.57 Å². The first-order chi connectivity index (χ1) is 15.2. The van der Waals surface area contributed by atoms with Gasteiger partial charge in [0.25, 0.3) is 0 Å². The molecule has 0 aliphatic heterocycles. The highest BCUT2D eigenvalue weighted by Crippen LogP contribution is 2.37. The molecular formula is C28H17Br2N. The molecule has 0 fully saturated rings. The van der Waals surface area contributed by atoms with Gasteiger partial charge in [0.15, 0.2) is 0 Å². The number of halogens is 2. The van der Waals surface area contributed by atoms with Crippen molar-refractivity contribution in [3.8, 4) is 16.8 Å². The molecule has 1 aromatic heterocycles. The molecule has 0 saturated carbocycles. The van der Waals surface area contributed by atoms with Crippen molar-refractivity contribution in [1.29, 1.82) is 0 Å². The van der Waals surface area contributed by atoms with Crippen LogP contribution in [0.4, 0.5) is 0 Å². The van der Waals surface area contributed by atoms with E-state index >= 15 is 0 Å². The Morgan fingerprint density at radius 3 is 1.87 bits per heavy atom. The molecular weight excluding hydrogens is 510 g/mol. The Hall–Kier alpha value is -2.88. The smallest absolute Gasteiger partial charge is 0.0547 e. The fraction of sp³-hybridized carbons (Fsp3) is 0. The van der Waals surface area contributed by atoms with E-state index in [0.29, 0.717) is 0 Å². The third kappa shape index (κ3) is 3.20. The summed E-state index contributed by atoms with van der Waals surface area (Å²) in [6.45, 7) is 0. The summed E-state index contributed by atoms with van der Waals surface area (Å²) in [5.41, 5.74) is 6.01. The van der Waals surface area contributed by atoms with Crippen LogP contribution in [-0.2, 0) is 0 Å². The lowest BCUT2D eigenvalue weighted by Gasteiger charge is -2.09. The second-order valence-corrected chi connectivity index (χ2v) is 9.61. The quantitative estimate of drug-likeness (QED) is 0.212. The highest BCUT2D eigenvalue weighted by Gasteiger charge is 2.14. The summed E-state index contributed by atoms with van der Waals surface area (Å²) in [7, 11) is 0. The van der Waals surface area contributed by atoms with Gasteiger partial charge in [-0.25, -0.2) is 0 Å². The van der Waals surface area contributed by atoms with Crippen LogP contribution >= 0.6 is 31.9 Å². The van der Waals surface area contributed by atoms with Gasteiger partial charge in [-0.3, -0.25) is 0 Å². The monoisotopic (exact) mass is 525 g/mol. The van der Waals surface area contributed by atoms with Crippen LogP contribution in [0.3, 0.4) is 0 Å². The molecule has 5 aromatic carbocycles. The first kappa shape index (κ1) is 18.9. The molecule has 0 N–H and O–H groups in total. The third-order valence-corrected chi connectivity index (χ3v) is 6.76. The van der Waals surface area contributed by atoms with E-state index in [0.717, 1.165) is 8.95 Å². The zero-order chi connectivity index (χ0) is 20.9. The Balaban J connectivity index is 1.72. The maximum absolute atomic E-state index is 3.63. The molecule has 6 aromatic rings. The number of nitrogens with zero attached hydrogens (tertiary/aromatic N) is 1. The fourth-order valence-electron chi connectivity index (χ4n) is 4.46. The summed E-state index contributed by atoms with van der Waals surface area (Å²) in [5.74, 6) is 0. The van der Waals surface area contributed by atoms with Crippen LogP contribution < -0.4 is 0 Å². The van der Waals surface area contributed by atoms with Crippen LogP contribution in [0.15, 0.2) is 112 Å². The maximum atomic E-state index is 3.63. The van der Waals surface area contributed by atoms with Crippen LogP contribution in [0.5, 0.6) is 0 Å². The predicted octanol–water partition coefficient (Wildman–Crippen LogP) is 9.13. The van der Waals surface area contributed by atoms with Crippen molar-refractivity contribution >= 4 is 64.4 Å². The van der Waals surface area contributed by atoms with Gasteiger partial charge in [0.05, 0.1) is 11.0 Å². The normalized spacial score (nSPS) is 11.5. The first-order valence-corrected chi connectivity index (χ1v) is 11.7. The number of benzene rings is 5. The van der Waals surface area contributed by atoms with Crippen LogP contribution in [0.1, 0.15) is 0 Å². The molecule has 6 rings (SSSR count). The van der Waals surface area contributed by atoms with Crippen molar-refractivity contribution < 1.29 is 0 Å². The molecule has 3 heteroatoms.